The quantitative estimate of drug-likeness (QED) is 0.788. The third-order valence-corrected chi connectivity index (χ3v) is 3.96. The normalized spacial score (nSPS) is 14.1. The molecular weight excluding hydrogens is 285 g/mol. The van der Waals surface area contributed by atoms with Crippen molar-refractivity contribution in [1.82, 2.24) is 0 Å². The van der Waals surface area contributed by atoms with Gasteiger partial charge in [0.05, 0.1) is 0 Å². The average molecular weight is 303 g/mol. The Morgan fingerprint density at radius 2 is 1.86 bits per heavy atom. The molecule has 2 N–H and O–H groups in total. The fraction of sp³-hybridized carbons (Fsp3) is 0.500. The Bertz CT molecular complexity index is 326. The molecule has 0 saturated carbocycles. The number of halogens is 1. The van der Waals surface area contributed by atoms with Crippen molar-refractivity contribution in [3.05, 3.63) is 32.9 Å². The molecule has 0 bridgehead atoms. The lowest BCUT2D eigenvalue weighted by Crippen LogP contribution is -2.27. The van der Waals surface area contributed by atoms with Crippen LogP contribution >= 0.6 is 22.6 Å². The standard InChI is InChI=1S/C12H18IN/c1-8-6-5-7-9(10(8)13)11(14)12(2,3)4/h5-7,11H,14H2,1-4H3. The van der Waals surface area contributed by atoms with Crippen LogP contribution in [0.3, 0.4) is 0 Å². The predicted molar refractivity (Wildman–Crippen MR) is 70.3 cm³/mol. The van der Waals surface area contributed by atoms with Crippen molar-refractivity contribution in [2.45, 2.75) is 33.7 Å². The van der Waals surface area contributed by atoms with Crippen LogP contribution in [0.25, 0.3) is 0 Å². The molecule has 0 aliphatic rings. The predicted octanol–water partition coefficient (Wildman–Crippen LogP) is 3.65. The van der Waals surface area contributed by atoms with Crippen LogP contribution in [0.2, 0.25) is 0 Å². The summed E-state index contributed by atoms with van der Waals surface area (Å²) in [7, 11) is 0. The second kappa shape index (κ2) is 4.19. The molecule has 78 valence electrons. The Morgan fingerprint density at radius 1 is 1.29 bits per heavy atom. The van der Waals surface area contributed by atoms with Crippen LogP contribution in [-0.2, 0) is 0 Å². The van der Waals surface area contributed by atoms with Gasteiger partial charge in [-0.2, -0.15) is 0 Å². The summed E-state index contributed by atoms with van der Waals surface area (Å²) in [6.07, 6.45) is 0. The van der Waals surface area contributed by atoms with Gasteiger partial charge in [0.2, 0.25) is 0 Å². The van der Waals surface area contributed by atoms with Crippen molar-refractivity contribution in [3.63, 3.8) is 0 Å². The molecule has 0 heterocycles. The van der Waals surface area contributed by atoms with Crippen LogP contribution in [0.15, 0.2) is 18.2 Å². The van der Waals surface area contributed by atoms with Gasteiger partial charge >= 0.3 is 0 Å². The van der Waals surface area contributed by atoms with Gasteiger partial charge in [0.1, 0.15) is 0 Å². The summed E-state index contributed by atoms with van der Waals surface area (Å²) in [6.45, 7) is 8.66. The summed E-state index contributed by atoms with van der Waals surface area (Å²) in [5, 5.41) is 0. The van der Waals surface area contributed by atoms with Crippen molar-refractivity contribution in [2.75, 3.05) is 0 Å². The largest absolute Gasteiger partial charge is 0.323 e. The molecule has 0 aliphatic carbocycles. The number of hydrogen-bond donors (Lipinski definition) is 1. The first kappa shape index (κ1) is 12.0. The van der Waals surface area contributed by atoms with Crippen LogP contribution < -0.4 is 5.73 Å². The van der Waals surface area contributed by atoms with E-state index in [1.54, 1.807) is 0 Å². The van der Waals surface area contributed by atoms with E-state index in [0.29, 0.717) is 0 Å². The number of hydrogen-bond acceptors (Lipinski definition) is 1. The molecule has 0 fully saturated rings. The highest BCUT2D eigenvalue weighted by Gasteiger charge is 2.24. The minimum atomic E-state index is 0.106. The first-order valence-corrected chi connectivity index (χ1v) is 5.92. The Morgan fingerprint density at radius 3 is 2.36 bits per heavy atom. The van der Waals surface area contributed by atoms with Crippen molar-refractivity contribution >= 4 is 22.6 Å². The minimum absolute atomic E-state index is 0.106. The molecule has 1 aromatic carbocycles. The van der Waals surface area contributed by atoms with E-state index in [9.17, 15) is 0 Å². The summed E-state index contributed by atoms with van der Waals surface area (Å²) < 4.78 is 1.30. The lowest BCUT2D eigenvalue weighted by Gasteiger charge is -2.28. The molecule has 0 spiro atoms. The van der Waals surface area contributed by atoms with Gasteiger partial charge in [-0.05, 0) is 46.1 Å². The Kier molecular flexibility index (Phi) is 3.58. The van der Waals surface area contributed by atoms with Crippen molar-refractivity contribution in [2.24, 2.45) is 11.1 Å². The van der Waals surface area contributed by atoms with E-state index in [2.05, 4.69) is 68.5 Å². The van der Waals surface area contributed by atoms with Gasteiger partial charge < -0.3 is 5.73 Å². The van der Waals surface area contributed by atoms with Gasteiger partial charge in [-0.1, -0.05) is 39.0 Å². The molecule has 1 unspecified atom stereocenters. The SMILES string of the molecule is Cc1cccc(C(N)C(C)(C)C)c1I. The van der Waals surface area contributed by atoms with E-state index >= 15 is 0 Å². The zero-order valence-corrected chi connectivity index (χ0v) is 11.4. The molecule has 0 radical (unpaired) electrons. The lowest BCUT2D eigenvalue weighted by molar-refractivity contribution is 0.326. The summed E-state index contributed by atoms with van der Waals surface area (Å²) in [5.74, 6) is 0. The maximum atomic E-state index is 6.24. The molecule has 14 heavy (non-hydrogen) atoms. The number of aryl methyl sites for hydroxylation is 1. The fourth-order valence-electron chi connectivity index (χ4n) is 1.38. The lowest BCUT2D eigenvalue weighted by atomic mass is 9.83. The molecular formula is C12H18IN. The van der Waals surface area contributed by atoms with E-state index in [1.165, 1.54) is 14.7 Å². The smallest absolute Gasteiger partial charge is 0.0354 e. The Labute approximate surface area is 100 Å². The summed E-state index contributed by atoms with van der Waals surface area (Å²) in [4.78, 5) is 0. The van der Waals surface area contributed by atoms with Crippen LogP contribution in [0.1, 0.15) is 37.9 Å². The van der Waals surface area contributed by atoms with E-state index in [4.69, 9.17) is 5.73 Å². The number of nitrogens with two attached hydrogens (primary N) is 1. The van der Waals surface area contributed by atoms with Gasteiger partial charge in [-0.3, -0.25) is 0 Å². The van der Waals surface area contributed by atoms with Gasteiger partial charge in [-0.25, -0.2) is 0 Å². The zero-order valence-electron chi connectivity index (χ0n) is 9.26. The van der Waals surface area contributed by atoms with Gasteiger partial charge in [0, 0.05) is 9.61 Å². The first-order chi connectivity index (χ1) is 6.34. The van der Waals surface area contributed by atoms with Crippen molar-refractivity contribution < 1.29 is 0 Å². The van der Waals surface area contributed by atoms with Crippen LogP contribution in [0, 0.1) is 15.9 Å². The van der Waals surface area contributed by atoms with Crippen LogP contribution in [-0.4, -0.2) is 0 Å². The monoisotopic (exact) mass is 303 g/mol. The highest BCUT2D eigenvalue weighted by atomic mass is 127. The summed E-state index contributed by atoms with van der Waals surface area (Å²) in [6, 6.07) is 6.44. The van der Waals surface area contributed by atoms with Gasteiger partial charge in [0.15, 0.2) is 0 Å². The second-order valence-corrected chi connectivity index (χ2v) is 5.90. The minimum Gasteiger partial charge on any atom is -0.323 e. The van der Waals surface area contributed by atoms with Crippen molar-refractivity contribution in [3.8, 4) is 0 Å². The van der Waals surface area contributed by atoms with E-state index in [-0.39, 0.29) is 11.5 Å². The number of rotatable bonds is 1. The molecule has 0 amide bonds. The molecule has 1 aromatic rings. The topological polar surface area (TPSA) is 26.0 Å². The Hall–Kier alpha value is -0.0900. The van der Waals surface area contributed by atoms with Crippen LogP contribution in [0.4, 0.5) is 0 Å². The average Bonchev–Trinajstić information content (AvgIpc) is 2.07. The molecule has 0 saturated heterocycles. The molecule has 1 rings (SSSR count). The van der Waals surface area contributed by atoms with E-state index < -0.39 is 0 Å². The van der Waals surface area contributed by atoms with Crippen LogP contribution in [0.5, 0.6) is 0 Å². The first-order valence-electron chi connectivity index (χ1n) is 4.84. The summed E-state index contributed by atoms with van der Waals surface area (Å²) >= 11 is 2.38. The van der Waals surface area contributed by atoms with Gasteiger partial charge in [-0.15, -0.1) is 0 Å². The molecule has 0 aliphatic heterocycles. The zero-order chi connectivity index (χ0) is 10.9. The fourth-order valence-corrected chi connectivity index (χ4v) is 2.07. The maximum absolute atomic E-state index is 6.24. The molecule has 2 heteroatoms. The Balaban J connectivity index is 3.14. The molecule has 0 aromatic heterocycles. The van der Waals surface area contributed by atoms with E-state index in [0.717, 1.165) is 0 Å². The van der Waals surface area contributed by atoms with E-state index in [1.807, 2.05) is 0 Å². The summed E-state index contributed by atoms with van der Waals surface area (Å²) in [5.41, 5.74) is 8.93. The third kappa shape index (κ3) is 2.48. The highest BCUT2D eigenvalue weighted by molar-refractivity contribution is 14.1. The highest BCUT2D eigenvalue weighted by Crippen LogP contribution is 2.33. The number of benzene rings is 1. The van der Waals surface area contributed by atoms with Crippen molar-refractivity contribution in [1.29, 1.82) is 0 Å². The second-order valence-electron chi connectivity index (χ2n) is 4.82. The maximum Gasteiger partial charge on any atom is 0.0354 e. The third-order valence-electron chi connectivity index (χ3n) is 2.49. The van der Waals surface area contributed by atoms with Gasteiger partial charge in [0.25, 0.3) is 0 Å². The molecule has 1 atom stereocenters. The molecule has 1 nitrogen and oxygen atoms in total.